The maximum Gasteiger partial charge on any atom is 0.245 e. The molecule has 40 heavy (non-hydrogen) atoms. The monoisotopic (exact) mass is 580 g/mol. The number of aliphatic imine (C=N–C) groups is 1. The molecule has 0 aliphatic carbocycles. The molecule has 8 heteroatoms. The highest BCUT2D eigenvalue weighted by molar-refractivity contribution is 6.32. The van der Waals surface area contributed by atoms with Crippen molar-refractivity contribution in [3.63, 3.8) is 0 Å². The summed E-state index contributed by atoms with van der Waals surface area (Å²) >= 11 is 12.6. The molecule has 0 fully saturated rings. The van der Waals surface area contributed by atoms with E-state index in [-0.39, 0.29) is 23.8 Å². The van der Waals surface area contributed by atoms with Gasteiger partial charge in [-0.25, -0.2) is 0 Å². The number of rotatable bonds is 13. The summed E-state index contributed by atoms with van der Waals surface area (Å²) in [5.41, 5.74) is 3.18. The van der Waals surface area contributed by atoms with E-state index in [1.54, 1.807) is 18.2 Å². The normalized spacial score (nSPS) is 12.2. The Morgan fingerprint density at radius 2 is 1.80 bits per heavy atom. The van der Waals surface area contributed by atoms with Crippen LogP contribution in [-0.4, -0.2) is 41.3 Å². The van der Waals surface area contributed by atoms with Crippen molar-refractivity contribution < 1.29 is 9.90 Å². The van der Waals surface area contributed by atoms with Crippen LogP contribution in [0, 0.1) is 0 Å². The van der Waals surface area contributed by atoms with Gasteiger partial charge in [-0.3, -0.25) is 14.7 Å². The fourth-order valence-corrected chi connectivity index (χ4v) is 5.00. The molecule has 0 saturated carbocycles. The van der Waals surface area contributed by atoms with Gasteiger partial charge < -0.3 is 15.7 Å². The quantitative estimate of drug-likeness (QED) is 0.180. The van der Waals surface area contributed by atoms with Gasteiger partial charge in [-0.15, -0.1) is 0 Å². The van der Waals surface area contributed by atoms with Gasteiger partial charge >= 0.3 is 0 Å². The molecular weight excluding hydrogens is 543 g/mol. The fourth-order valence-electron chi connectivity index (χ4n) is 4.58. The summed E-state index contributed by atoms with van der Waals surface area (Å²) in [4.78, 5) is 20.0. The van der Waals surface area contributed by atoms with Crippen LogP contribution in [0.1, 0.15) is 56.0 Å². The highest BCUT2D eigenvalue weighted by Crippen LogP contribution is 2.41. The van der Waals surface area contributed by atoms with Crippen molar-refractivity contribution in [1.29, 1.82) is 0 Å². The van der Waals surface area contributed by atoms with Crippen LogP contribution in [0.15, 0.2) is 66.2 Å². The van der Waals surface area contributed by atoms with Gasteiger partial charge in [-0.1, -0.05) is 74.0 Å². The third-order valence-corrected chi connectivity index (χ3v) is 7.52. The molecule has 0 aliphatic rings. The topological polar surface area (TPSA) is 77.0 Å². The van der Waals surface area contributed by atoms with Gasteiger partial charge in [-0.2, -0.15) is 0 Å². The van der Waals surface area contributed by atoms with Crippen LogP contribution in [0.3, 0.4) is 0 Å². The van der Waals surface area contributed by atoms with Gasteiger partial charge in [0.05, 0.1) is 11.1 Å². The van der Waals surface area contributed by atoms with Gasteiger partial charge in [-0.05, 0) is 75.1 Å². The van der Waals surface area contributed by atoms with Crippen LogP contribution in [0.5, 0.6) is 5.75 Å². The fraction of sp³-hybridized carbons (Fsp3) is 0.312. The second-order valence-corrected chi connectivity index (χ2v) is 11.0. The Morgan fingerprint density at radius 1 is 1.12 bits per heavy atom. The molecule has 1 atom stereocenters. The zero-order chi connectivity index (χ0) is 29.4. The Labute approximate surface area is 247 Å². The molecular formula is C32H38Cl2N4O2. The maximum atomic E-state index is 13.7. The van der Waals surface area contributed by atoms with Crippen molar-refractivity contribution in [2.75, 3.05) is 18.4 Å². The lowest BCUT2D eigenvalue weighted by atomic mass is 9.93. The highest BCUT2D eigenvalue weighted by Gasteiger charge is 2.30. The number of carbonyl (C=O) groups excluding carboxylic acids is 1. The van der Waals surface area contributed by atoms with Gasteiger partial charge in [0, 0.05) is 34.8 Å². The number of aromatic hydroxyl groups is 1. The molecule has 6 nitrogen and oxygen atoms in total. The largest absolute Gasteiger partial charge is 0.505 e. The Morgan fingerprint density at radius 3 is 2.40 bits per heavy atom. The number of anilines is 1. The van der Waals surface area contributed by atoms with Gasteiger partial charge in [0.15, 0.2) is 0 Å². The average molecular weight is 582 g/mol. The molecule has 0 spiro atoms. The first kappa shape index (κ1) is 31.2. The minimum absolute atomic E-state index is 0.0357. The molecule has 0 saturated heterocycles. The van der Waals surface area contributed by atoms with Gasteiger partial charge in [0.2, 0.25) is 5.91 Å². The number of halogens is 2. The number of phenols is 1. The van der Waals surface area contributed by atoms with Crippen molar-refractivity contribution in [1.82, 2.24) is 10.2 Å². The molecule has 3 aromatic carbocycles. The summed E-state index contributed by atoms with van der Waals surface area (Å²) in [7, 11) is 0. The highest BCUT2D eigenvalue weighted by atomic mass is 35.5. The molecule has 0 heterocycles. The van der Waals surface area contributed by atoms with E-state index in [0.717, 1.165) is 36.4 Å². The molecule has 3 N–H and O–H groups in total. The summed E-state index contributed by atoms with van der Waals surface area (Å²) in [5.74, 6) is -0.247. The number of amides is 1. The average Bonchev–Trinajstić information content (AvgIpc) is 2.93. The van der Waals surface area contributed by atoms with E-state index in [1.165, 1.54) is 6.08 Å². The number of hydrogen-bond acceptors (Lipinski definition) is 5. The SMILES string of the molecule is C=Cc1c(Cl)cc(CC(NC(=O)C(C)(C)Nc2ccc(Cl)cc2)c2cccc(CN(CC)CC)c2)c(O)c1N=C. The van der Waals surface area contributed by atoms with Crippen molar-refractivity contribution in [3.05, 3.63) is 93.5 Å². The Bertz CT molecular complexity index is 1350. The summed E-state index contributed by atoms with van der Waals surface area (Å²) in [6, 6.07) is 16.6. The summed E-state index contributed by atoms with van der Waals surface area (Å²) in [6.07, 6.45) is 1.82. The van der Waals surface area contributed by atoms with E-state index in [4.69, 9.17) is 23.2 Å². The number of benzene rings is 3. The van der Waals surface area contributed by atoms with Crippen LogP contribution in [-0.2, 0) is 17.8 Å². The number of nitrogens with zero attached hydrogens (tertiary/aromatic N) is 2. The second-order valence-electron chi connectivity index (χ2n) is 10.2. The first-order chi connectivity index (χ1) is 19.0. The van der Waals surface area contributed by atoms with E-state index < -0.39 is 11.6 Å². The van der Waals surface area contributed by atoms with Gasteiger partial charge in [0.1, 0.15) is 17.0 Å². The molecule has 3 aromatic rings. The predicted molar refractivity (Wildman–Crippen MR) is 169 cm³/mol. The van der Waals surface area contributed by atoms with Crippen LogP contribution in [0.4, 0.5) is 11.4 Å². The number of carbonyl (C=O) groups is 1. The van der Waals surface area contributed by atoms with E-state index in [0.29, 0.717) is 21.2 Å². The molecule has 0 radical (unpaired) electrons. The zero-order valence-electron chi connectivity index (χ0n) is 23.6. The van der Waals surface area contributed by atoms with Crippen LogP contribution in [0.25, 0.3) is 6.08 Å². The van der Waals surface area contributed by atoms with Crippen molar-refractivity contribution in [2.24, 2.45) is 4.99 Å². The first-order valence-corrected chi connectivity index (χ1v) is 14.1. The minimum atomic E-state index is -0.953. The summed E-state index contributed by atoms with van der Waals surface area (Å²) in [5, 5.41) is 18.6. The number of nitrogens with one attached hydrogen (secondary N) is 2. The van der Waals surface area contributed by atoms with Crippen LogP contribution >= 0.6 is 23.2 Å². The van der Waals surface area contributed by atoms with E-state index in [9.17, 15) is 9.90 Å². The van der Waals surface area contributed by atoms with Gasteiger partial charge in [0.25, 0.3) is 0 Å². The third kappa shape index (κ3) is 7.66. The van der Waals surface area contributed by atoms with Crippen molar-refractivity contribution >= 4 is 53.3 Å². The Kier molecular flexibility index (Phi) is 10.8. The number of phenolic OH excluding ortho intramolecular Hbond substituents is 1. The van der Waals surface area contributed by atoms with E-state index in [2.05, 4.69) is 59.8 Å². The van der Waals surface area contributed by atoms with Crippen LogP contribution < -0.4 is 10.6 Å². The molecule has 212 valence electrons. The first-order valence-electron chi connectivity index (χ1n) is 13.3. The number of hydrogen-bond donors (Lipinski definition) is 3. The zero-order valence-corrected chi connectivity index (χ0v) is 25.1. The lowest BCUT2D eigenvalue weighted by Crippen LogP contribution is -2.49. The second kappa shape index (κ2) is 13.8. The molecule has 3 rings (SSSR count). The molecule has 0 aliphatic heterocycles. The third-order valence-electron chi connectivity index (χ3n) is 6.96. The predicted octanol–water partition coefficient (Wildman–Crippen LogP) is 7.81. The molecule has 0 bridgehead atoms. The molecule has 1 unspecified atom stereocenters. The summed E-state index contributed by atoms with van der Waals surface area (Å²) in [6.45, 7) is 17.9. The smallest absolute Gasteiger partial charge is 0.245 e. The minimum Gasteiger partial charge on any atom is -0.505 e. The maximum absolute atomic E-state index is 13.7. The Balaban J connectivity index is 1.99. The lowest BCUT2D eigenvalue weighted by molar-refractivity contribution is -0.125. The molecule has 1 amide bonds. The van der Waals surface area contributed by atoms with E-state index >= 15 is 0 Å². The van der Waals surface area contributed by atoms with Crippen LogP contribution in [0.2, 0.25) is 10.0 Å². The standard InChI is InChI=1S/C32H38Cl2N4O2/c1-7-26-27(34)18-23(30(39)29(26)35-6)19-28(22-12-10-11-21(17-22)20-38(8-2)9-3)36-31(40)32(4,5)37-25-15-13-24(33)14-16-25/h7,10-18,28,37,39H,1,6,8-9,19-20H2,2-5H3,(H,36,40). The Hall–Kier alpha value is -3.32. The van der Waals surface area contributed by atoms with Crippen molar-refractivity contribution in [3.8, 4) is 5.75 Å². The summed E-state index contributed by atoms with van der Waals surface area (Å²) < 4.78 is 0. The lowest BCUT2D eigenvalue weighted by Gasteiger charge is -2.30. The molecule has 0 aromatic heterocycles. The van der Waals surface area contributed by atoms with Crippen molar-refractivity contribution in [2.45, 2.75) is 52.2 Å². The van der Waals surface area contributed by atoms with E-state index in [1.807, 2.05) is 38.1 Å².